The Kier molecular flexibility index (Phi) is 3.15. The van der Waals surface area contributed by atoms with Crippen molar-refractivity contribution in [1.82, 2.24) is 0 Å². The number of aromatic hydroxyl groups is 1. The zero-order valence-electron chi connectivity index (χ0n) is 7.75. The molecular formula is C11H16O. The fourth-order valence-electron chi connectivity index (χ4n) is 1.20. The molecule has 0 heterocycles. The van der Waals surface area contributed by atoms with E-state index in [1.807, 2.05) is 18.2 Å². The van der Waals surface area contributed by atoms with Gasteiger partial charge in [0.2, 0.25) is 0 Å². The molecule has 0 saturated heterocycles. The van der Waals surface area contributed by atoms with Crippen LogP contribution in [0.3, 0.4) is 0 Å². The summed E-state index contributed by atoms with van der Waals surface area (Å²) in [4.78, 5) is 0. The fraction of sp³-hybridized carbons (Fsp3) is 0.455. The van der Waals surface area contributed by atoms with Crippen molar-refractivity contribution in [2.45, 2.75) is 26.7 Å². The smallest absolute Gasteiger partial charge is 0.118 e. The minimum atomic E-state index is 0.429. The Hall–Kier alpha value is -0.980. The lowest BCUT2D eigenvalue weighted by Crippen LogP contribution is -1.97. The van der Waals surface area contributed by atoms with Crippen LogP contribution in [0.15, 0.2) is 24.3 Å². The van der Waals surface area contributed by atoms with Crippen LogP contribution in [-0.2, 0) is 6.42 Å². The molecule has 0 aromatic heterocycles. The summed E-state index contributed by atoms with van der Waals surface area (Å²) in [6, 6.07) is 7.56. The number of hydrogen-bond donors (Lipinski definition) is 1. The molecule has 1 atom stereocenters. The standard InChI is InChI=1S/C11H16O/c1-3-9(2)8-10-6-4-5-7-11(10)12/h4-7,9,12H,3,8H2,1-2H3. The van der Waals surface area contributed by atoms with Crippen molar-refractivity contribution >= 4 is 0 Å². The normalized spacial score (nSPS) is 12.8. The first-order valence-electron chi connectivity index (χ1n) is 4.51. The molecule has 0 saturated carbocycles. The van der Waals surface area contributed by atoms with Gasteiger partial charge in [-0.05, 0) is 24.0 Å². The number of hydrogen-bond acceptors (Lipinski definition) is 1. The number of rotatable bonds is 3. The number of para-hydroxylation sites is 1. The van der Waals surface area contributed by atoms with E-state index < -0.39 is 0 Å². The summed E-state index contributed by atoms with van der Waals surface area (Å²) in [6.07, 6.45) is 2.14. The monoisotopic (exact) mass is 164 g/mol. The van der Waals surface area contributed by atoms with Gasteiger partial charge in [0.1, 0.15) is 5.75 Å². The van der Waals surface area contributed by atoms with Crippen molar-refractivity contribution in [2.24, 2.45) is 5.92 Å². The highest BCUT2D eigenvalue weighted by Crippen LogP contribution is 2.20. The summed E-state index contributed by atoms with van der Waals surface area (Å²) in [7, 11) is 0. The van der Waals surface area contributed by atoms with Gasteiger partial charge in [0.05, 0.1) is 0 Å². The molecule has 1 N–H and O–H groups in total. The topological polar surface area (TPSA) is 20.2 Å². The van der Waals surface area contributed by atoms with E-state index in [-0.39, 0.29) is 0 Å². The molecule has 1 rings (SSSR count). The first kappa shape index (κ1) is 9.11. The minimum Gasteiger partial charge on any atom is -0.508 e. The van der Waals surface area contributed by atoms with E-state index in [4.69, 9.17) is 0 Å². The SMILES string of the molecule is CCC(C)Cc1ccccc1O. The summed E-state index contributed by atoms with van der Waals surface area (Å²) in [5, 5.41) is 9.45. The molecular weight excluding hydrogens is 148 g/mol. The van der Waals surface area contributed by atoms with Gasteiger partial charge in [-0.2, -0.15) is 0 Å². The van der Waals surface area contributed by atoms with Crippen molar-refractivity contribution in [1.29, 1.82) is 0 Å². The summed E-state index contributed by atoms with van der Waals surface area (Å²) in [5.74, 6) is 1.08. The summed E-state index contributed by atoms with van der Waals surface area (Å²) < 4.78 is 0. The van der Waals surface area contributed by atoms with Crippen LogP contribution in [0.5, 0.6) is 5.75 Å². The predicted octanol–water partition coefficient (Wildman–Crippen LogP) is 2.98. The van der Waals surface area contributed by atoms with Crippen LogP contribution in [0.2, 0.25) is 0 Å². The second-order valence-corrected chi connectivity index (χ2v) is 3.35. The molecule has 0 radical (unpaired) electrons. The summed E-state index contributed by atoms with van der Waals surface area (Å²) >= 11 is 0. The van der Waals surface area contributed by atoms with Crippen molar-refractivity contribution < 1.29 is 5.11 Å². The fourth-order valence-corrected chi connectivity index (χ4v) is 1.20. The van der Waals surface area contributed by atoms with Crippen LogP contribution in [-0.4, -0.2) is 5.11 Å². The van der Waals surface area contributed by atoms with Gasteiger partial charge < -0.3 is 5.11 Å². The second kappa shape index (κ2) is 4.15. The molecule has 0 fully saturated rings. The van der Waals surface area contributed by atoms with Gasteiger partial charge in [-0.1, -0.05) is 38.5 Å². The highest BCUT2D eigenvalue weighted by atomic mass is 16.3. The quantitative estimate of drug-likeness (QED) is 0.728. The second-order valence-electron chi connectivity index (χ2n) is 3.35. The lowest BCUT2D eigenvalue weighted by molar-refractivity contribution is 0.457. The highest BCUT2D eigenvalue weighted by molar-refractivity contribution is 5.31. The third-order valence-electron chi connectivity index (χ3n) is 2.26. The largest absolute Gasteiger partial charge is 0.508 e. The zero-order chi connectivity index (χ0) is 8.97. The molecule has 1 aromatic carbocycles. The number of benzene rings is 1. The molecule has 0 spiro atoms. The molecule has 1 nitrogen and oxygen atoms in total. The van der Waals surface area contributed by atoms with Gasteiger partial charge in [0.15, 0.2) is 0 Å². The van der Waals surface area contributed by atoms with Gasteiger partial charge in [-0.3, -0.25) is 0 Å². The summed E-state index contributed by atoms with van der Waals surface area (Å²) in [5.41, 5.74) is 1.06. The number of phenolic OH excluding ortho intramolecular Hbond substituents is 1. The first-order valence-corrected chi connectivity index (χ1v) is 4.51. The van der Waals surface area contributed by atoms with Gasteiger partial charge >= 0.3 is 0 Å². The van der Waals surface area contributed by atoms with Gasteiger partial charge in [0, 0.05) is 0 Å². The third-order valence-corrected chi connectivity index (χ3v) is 2.26. The minimum absolute atomic E-state index is 0.429. The molecule has 0 aliphatic carbocycles. The van der Waals surface area contributed by atoms with Crippen molar-refractivity contribution in [3.05, 3.63) is 29.8 Å². The van der Waals surface area contributed by atoms with Crippen molar-refractivity contribution in [3.63, 3.8) is 0 Å². The lowest BCUT2D eigenvalue weighted by Gasteiger charge is -2.09. The molecule has 0 amide bonds. The van der Waals surface area contributed by atoms with E-state index in [0.717, 1.165) is 18.4 Å². The molecule has 0 aliphatic rings. The molecule has 0 bridgehead atoms. The van der Waals surface area contributed by atoms with Crippen LogP contribution < -0.4 is 0 Å². The van der Waals surface area contributed by atoms with Crippen LogP contribution in [0.25, 0.3) is 0 Å². The van der Waals surface area contributed by atoms with E-state index in [2.05, 4.69) is 13.8 Å². The number of phenols is 1. The average Bonchev–Trinajstić information content (AvgIpc) is 2.09. The van der Waals surface area contributed by atoms with E-state index >= 15 is 0 Å². The Bertz CT molecular complexity index is 243. The van der Waals surface area contributed by atoms with Crippen molar-refractivity contribution in [3.8, 4) is 5.75 Å². The van der Waals surface area contributed by atoms with Gasteiger partial charge in [-0.25, -0.2) is 0 Å². The lowest BCUT2D eigenvalue weighted by atomic mass is 9.98. The predicted molar refractivity (Wildman–Crippen MR) is 51.3 cm³/mol. The molecule has 66 valence electrons. The molecule has 1 heteroatoms. The van der Waals surface area contributed by atoms with Crippen molar-refractivity contribution in [2.75, 3.05) is 0 Å². The van der Waals surface area contributed by atoms with Crippen LogP contribution in [0, 0.1) is 5.92 Å². The van der Waals surface area contributed by atoms with Crippen LogP contribution >= 0.6 is 0 Å². The maximum Gasteiger partial charge on any atom is 0.118 e. The molecule has 0 aliphatic heterocycles. The van der Waals surface area contributed by atoms with Crippen LogP contribution in [0.4, 0.5) is 0 Å². The Balaban J connectivity index is 2.69. The first-order chi connectivity index (χ1) is 5.74. The Labute approximate surface area is 74.1 Å². The van der Waals surface area contributed by atoms with E-state index in [1.165, 1.54) is 0 Å². The Morgan fingerprint density at radius 3 is 2.58 bits per heavy atom. The van der Waals surface area contributed by atoms with E-state index in [9.17, 15) is 5.11 Å². The van der Waals surface area contributed by atoms with E-state index in [0.29, 0.717) is 11.7 Å². The molecule has 12 heavy (non-hydrogen) atoms. The Morgan fingerprint density at radius 2 is 2.00 bits per heavy atom. The van der Waals surface area contributed by atoms with Gasteiger partial charge in [0.25, 0.3) is 0 Å². The highest BCUT2D eigenvalue weighted by Gasteiger charge is 2.03. The maximum absolute atomic E-state index is 9.45. The zero-order valence-corrected chi connectivity index (χ0v) is 7.75. The summed E-state index contributed by atoms with van der Waals surface area (Å²) in [6.45, 7) is 4.37. The maximum atomic E-state index is 9.45. The molecule has 1 aromatic rings. The Morgan fingerprint density at radius 1 is 1.33 bits per heavy atom. The average molecular weight is 164 g/mol. The third kappa shape index (κ3) is 2.26. The van der Waals surface area contributed by atoms with Crippen LogP contribution in [0.1, 0.15) is 25.8 Å². The van der Waals surface area contributed by atoms with Gasteiger partial charge in [-0.15, -0.1) is 0 Å². The van der Waals surface area contributed by atoms with E-state index in [1.54, 1.807) is 6.07 Å². The molecule has 1 unspecified atom stereocenters.